The lowest BCUT2D eigenvalue weighted by molar-refractivity contribution is -0.132. The number of carbonyl (C=O) groups is 2. The quantitative estimate of drug-likeness (QED) is 0.781. The fraction of sp³-hybridized carbons (Fsp3) is 0.429. The zero-order valence-electron chi connectivity index (χ0n) is 12.0. The highest BCUT2D eigenvalue weighted by molar-refractivity contribution is 6.42. The van der Waals surface area contributed by atoms with Crippen molar-refractivity contribution in [3.8, 4) is 0 Å². The second-order valence-corrected chi connectivity index (χ2v) is 5.28. The molecule has 0 aromatic heterocycles. The van der Waals surface area contributed by atoms with Crippen molar-refractivity contribution in [3.63, 3.8) is 0 Å². The van der Waals surface area contributed by atoms with Crippen LogP contribution in [0.5, 0.6) is 0 Å². The molecule has 1 aromatic carbocycles. The van der Waals surface area contributed by atoms with Crippen LogP contribution in [-0.4, -0.2) is 43.5 Å². The molecule has 7 heteroatoms. The van der Waals surface area contributed by atoms with Gasteiger partial charge in [-0.1, -0.05) is 23.2 Å². The first kappa shape index (κ1) is 17.8. The molecule has 0 unspecified atom stereocenters. The maximum atomic E-state index is 11.9. The van der Waals surface area contributed by atoms with Gasteiger partial charge in [0.15, 0.2) is 0 Å². The van der Waals surface area contributed by atoms with Crippen molar-refractivity contribution in [2.75, 3.05) is 32.1 Å². The van der Waals surface area contributed by atoms with Crippen molar-refractivity contribution in [3.05, 3.63) is 28.2 Å². The Morgan fingerprint density at radius 1 is 1.29 bits per heavy atom. The fourth-order valence-electron chi connectivity index (χ4n) is 1.70. The zero-order chi connectivity index (χ0) is 15.8. The number of hydrogen-bond donors (Lipinski definition) is 1. The van der Waals surface area contributed by atoms with Crippen molar-refractivity contribution in [1.82, 2.24) is 4.90 Å². The molecule has 0 atom stereocenters. The SMILES string of the molecule is COCCCN(CC(=O)Nc1ccc(Cl)c(Cl)c1)C(C)=O. The number of nitrogens with one attached hydrogen (secondary N) is 1. The summed E-state index contributed by atoms with van der Waals surface area (Å²) in [6.07, 6.45) is 0.677. The minimum Gasteiger partial charge on any atom is -0.385 e. The molecule has 0 spiro atoms. The van der Waals surface area contributed by atoms with E-state index in [1.807, 2.05) is 0 Å². The average molecular weight is 333 g/mol. The van der Waals surface area contributed by atoms with E-state index in [2.05, 4.69) is 5.32 Å². The summed E-state index contributed by atoms with van der Waals surface area (Å²) in [5.74, 6) is -0.448. The number of halogens is 2. The van der Waals surface area contributed by atoms with Gasteiger partial charge in [0.25, 0.3) is 0 Å². The molecule has 0 bridgehead atoms. The Morgan fingerprint density at radius 3 is 2.57 bits per heavy atom. The van der Waals surface area contributed by atoms with Crippen molar-refractivity contribution in [1.29, 1.82) is 0 Å². The van der Waals surface area contributed by atoms with E-state index in [0.29, 0.717) is 35.3 Å². The molecule has 0 heterocycles. The van der Waals surface area contributed by atoms with E-state index in [9.17, 15) is 9.59 Å². The molecule has 0 aliphatic heterocycles. The molecule has 21 heavy (non-hydrogen) atoms. The van der Waals surface area contributed by atoms with E-state index in [1.165, 1.54) is 11.8 Å². The third kappa shape index (κ3) is 6.33. The summed E-state index contributed by atoms with van der Waals surface area (Å²) in [5.41, 5.74) is 0.537. The number of nitrogens with zero attached hydrogens (tertiary/aromatic N) is 1. The molecule has 0 aliphatic rings. The molecule has 0 saturated carbocycles. The highest BCUT2D eigenvalue weighted by Gasteiger charge is 2.13. The molecule has 1 rings (SSSR count). The van der Waals surface area contributed by atoms with Crippen molar-refractivity contribution in [2.24, 2.45) is 0 Å². The van der Waals surface area contributed by atoms with E-state index in [0.717, 1.165) is 0 Å². The van der Waals surface area contributed by atoms with Crippen LogP contribution in [0.2, 0.25) is 10.0 Å². The molecule has 2 amide bonds. The first-order valence-electron chi connectivity index (χ1n) is 6.43. The number of benzene rings is 1. The molecule has 0 aliphatic carbocycles. The first-order valence-corrected chi connectivity index (χ1v) is 7.19. The number of ether oxygens (including phenoxy) is 1. The van der Waals surface area contributed by atoms with Gasteiger partial charge in [-0.15, -0.1) is 0 Å². The molecule has 0 saturated heterocycles. The minimum absolute atomic E-state index is 0.0146. The van der Waals surface area contributed by atoms with Gasteiger partial charge in [-0.25, -0.2) is 0 Å². The molecule has 5 nitrogen and oxygen atoms in total. The summed E-state index contributed by atoms with van der Waals surface area (Å²) < 4.78 is 4.93. The Kier molecular flexibility index (Phi) is 7.50. The van der Waals surface area contributed by atoms with Crippen LogP contribution in [0.15, 0.2) is 18.2 Å². The molecule has 0 radical (unpaired) electrons. The Morgan fingerprint density at radius 2 is 2.00 bits per heavy atom. The number of rotatable bonds is 7. The molecule has 0 fully saturated rings. The van der Waals surface area contributed by atoms with E-state index in [-0.39, 0.29) is 18.4 Å². The van der Waals surface area contributed by atoms with Crippen LogP contribution in [0.4, 0.5) is 5.69 Å². The predicted octanol–water partition coefficient (Wildman–Crippen LogP) is 2.82. The fourth-order valence-corrected chi connectivity index (χ4v) is 1.99. The molecule has 116 valence electrons. The lowest BCUT2D eigenvalue weighted by Crippen LogP contribution is -2.37. The summed E-state index contributed by atoms with van der Waals surface area (Å²) >= 11 is 11.7. The average Bonchev–Trinajstić information content (AvgIpc) is 2.42. The summed E-state index contributed by atoms with van der Waals surface area (Å²) in [4.78, 5) is 24.9. The minimum atomic E-state index is -0.291. The molecular weight excluding hydrogens is 315 g/mol. The van der Waals surface area contributed by atoms with Crippen LogP contribution in [0.3, 0.4) is 0 Å². The van der Waals surface area contributed by atoms with Crippen LogP contribution in [0.1, 0.15) is 13.3 Å². The van der Waals surface area contributed by atoms with Gasteiger partial charge < -0.3 is 15.0 Å². The van der Waals surface area contributed by atoms with Crippen molar-refractivity contribution >= 4 is 40.7 Å². The predicted molar refractivity (Wildman–Crippen MR) is 83.8 cm³/mol. The lowest BCUT2D eigenvalue weighted by Gasteiger charge is -2.20. The smallest absolute Gasteiger partial charge is 0.243 e. The van der Waals surface area contributed by atoms with Crippen LogP contribution >= 0.6 is 23.2 Å². The van der Waals surface area contributed by atoms with Gasteiger partial charge in [0.05, 0.1) is 16.6 Å². The number of hydrogen-bond acceptors (Lipinski definition) is 3. The van der Waals surface area contributed by atoms with Crippen LogP contribution in [-0.2, 0) is 14.3 Å². The van der Waals surface area contributed by atoms with Crippen molar-refractivity contribution < 1.29 is 14.3 Å². The zero-order valence-corrected chi connectivity index (χ0v) is 13.5. The highest BCUT2D eigenvalue weighted by atomic mass is 35.5. The number of methoxy groups -OCH3 is 1. The topological polar surface area (TPSA) is 58.6 Å². The van der Waals surface area contributed by atoms with Crippen LogP contribution in [0, 0.1) is 0 Å². The van der Waals surface area contributed by atoms with E-state index >= 15 is 0 Å². The van der Waals surface area contributed by atoms with Gasteiger partial charge in [0.1, 0.15) is 0 Å². The van der Waals surface area contributed by atoms with E-state index < -0.39 is 0 Å². The van der Waals surface area contributed by atoms with Crippen LogP contribution in [0.25, 0.3) is 0 Å². The van der Waals surface area contributed by atoms with Gasteiger partial charge in [-0.3, -0.25) is 9.59 Å². The second kappa shape index (κ2) is 8.87. The summed E-state index contributed by atoms with van der Waals surface area (Å²) in [6, 6.07) is 4.81. The van der Waals surface area contributed by atoms with Crippen molar-refractivity contribution in [2.45, 2.75) is 13.3 Å². The second-order valence-electron chi connectivity index (χ2n) is 4.46. The normalized spacial score (nSPS) is 10.3. The molecule has 1 aromatic rings. The van der Waals surface area contributed by atoms with Gasteiger partial charge in [-0.2, -0.15) is 0 Å². The first-order chi connectivity index (χ1) is 9.93. The van der Waals surface area contributed by atoms with E-state index in [4.69, 9.17) is 27.9 Å². The van der Waals surface area contributed by atoms with Gasteiger partial charge in [0.2, 0.25) is 11.8 Å². The standard InChI is InChI=1S/C14H18Cl2N2O3/c1-10(19)18(6-3-7-21-2)9-14(20)17-11-4-5-12(15)13(16)8-11/h4-5,8H,3,6-7,9H2,1-2H3,(H,17,20). The lowest BCUT2D eigenvalue weighted by atomic mass is 10.3. The van der Waals surface area contributed by atoms with Gasteiger partial charge >= 0.3 is 0 Å². The summed E-state index contributed by atoms with van der Waals surface area (Å²) in [7, 11) is 1.59. The Hall–Kier alpha value is -1.30. The molecular formula is C14H18Cl2N2O3. The molecule has 1 N–H and O–H groups in total. The maximum Gasteiger partial charge on any atom is 0.243 e. The van der Waals surface area contributed by atoms with E-state index in [1.54, 1.807) is 25.3 Å². The number of amides is 2. The van der Waals surface area contributed by atoms with Gasteiger partial charge in [-0.05, 0) is 24.6 Å². The van der Waals surface area contributed by atoms with Gasteiger partial charge in [0, 0.05) is 32.9 Å². The largest absolute Gasteiger partial charge is 0.385 e. The third-order valence-corrected chi connectivity index (χ3v) is 3.50. The summed E-state index contributed by atoms with van der Waals surface area (Å²) in [6.45, 7) is 2.43. The van der Waals surface area contributed by atoms with Crippen LogP contribution < -0.4 is 5.32 Å². The Bertz CT molecular complexity index is 509. The number of anilines is 1. The Balaban J connectivity index is 2.56. The summed E-state index contributed by atoms with van der Waals surface area (Å²) in [5, 5.41) is 3.45. The maximum absolute atomic E-state index is 11.9. The number of carbonyl (C=O) groups excluding carboxylic acids is 2. The monoisotopic (exact) mass is 332 g/mol. The Labute approximate surface area is 134 Å². The highest BCUT2D eigenvalue weighted by Crippen LogP contribution is 2.24. The third-order valence-electron chi connectivity index (χ3n) is 2.76.